The molecule has 2 aliphatic rings. The monoisotopic (exact) mass is 456 g/mol. The van der Waals surface area contributed by atoms with Crippen LogP contribution in [0.1, 0.15) is 0 Å². The Kier molecular flexibility index (Phi) is 2.01. The van der Waals surface area contributed by atoms with Crippen LogP contribution in [-0.2, 0) is 11.8 Å². The molecule has 6 nitrogen and oxygen atoms in total. The zero-order valence-electron chi connectivity index (χ0n) is 3.95. The number of hydrogen-bond donors (Lipinski definition) is 0. The molecule has 2 rings (SSSR count). The molecule has 1 spiro atoms. The van der Waals surface area contributed by atoms with Crippen molar-refractivity contribution in [2.45, 2.75) is 0 Å². The molecule has 9 heteroatoms. The average Bonchev–Trinajstić information content (AvgIpc) is 1.58. The van der Waals surface area contributed by atoms with Gasteiger partial charge in [0.1, 0.15) is 0 Å². The molecule has 0 N–H and O–H groups in total. The summed E-state index contributed by atoms with van der Waals surface area (Å²) in [7, 11) is 0. The van der Waals surface area contributed by atoms with Gasteiger partial charge >= 0.3 is 73.0 Å². The normalized spacial score (nSPS) is 29.8. The van der Waals surface area contributed by atoms with Gasteiger partial charge in [0, 0.05) is 0 Å². The molecule has 0 bridgehead atoms. The van der Waals surface area contributed by atoms with Gasteiger partial charge in [0.2, 0.25) is 0 Å². The van der Waals surface area contributed by atoms with Crippen molar-refractivity contribution in [1.82, 2.24) is 0 Å². The minimum atomic E-state index is -3.53. The van der Waals surface area contributed by atoms with E-state index in [1.165, 1.54) is 0 Å². The summed E-state index contributed by atoms with van der Waals surface area (Å²) in [6.07, 6.45) is 0. The van der Waals surface area contributed by atoms with E-state index in [-0.39, 0.29) is 0 Å². The maximum atomic E-state index is 10.3. The van der Waals surface area contributed by atoms with E-state index in [9.17, 15) is 6.15 Å². The van der Waals surface area contributed by atoms with E-state index in [2.05, 4.69) is 5.65 Å². The fourth-order valence-corrected chi connectivity index (χ4v) is 44.2. The van der Waals surface area contributed by atoms with E-state index in [1.807, 2.05) is 0 Å². The van der Waals surface area contributed by atoms with E-state index in [0.717, 1.165) is 0 Å². The first-order valence-electron chi connectivity index (χ1n) is 2.04. The Labute approximate surface area is 71.9 Å². The molecule has 48 valence electrons. The van der Waals surface area contributed by atoms with Crippen LogP contribution in [0.2, 0.25) is 0 Å². The molecule has 0 aromatic rings. The Hall–Kier alpha value is 1.84. The predicted octanol–water partition coefficient (Wildman–Crippen LogP) is -1.65. The van der Waals surface area contributed by atoms with Crippen LogP contribution < -0.4 is 0 Å². The summed E-state index contributed by atoms with van der Waals surface area (Å²) in [5.74, 6) is 0. The number of hydrogen-bond acceptors (Lipinski definition) is 6. The van der Waals surface area contributed by atoms with Gasteiger partial charge in [-0.05, 0) is 0 Å². The van der Waals surface area contributed by atoms with Crippen LogP contribution in [0.3, 0.4) is 0 Å². The number of rotatable bonds is 0. The fourth-order valence-electron chi connectivity index (χ4n) is 0.507. The molecule has 0 atom stereocenters. The summed E-state index contributed by atoms with van der Waals surface area (Å²) in [6, 6.07) is 0. The molecule has 0 saturated carbocycles. The van der Waals surface area contributed by atoms with Crippen molar-refractivity contribution in [3.05, 3.63) is 0 Å². The van der Waals surface area contributed by atoms with Gasteiger partial charge in [-0.2, -0.15) is 0 Å². The van der Waals surface area contributed by atoms with E-state index < -0.39 is 61.2 Å². The first kappa shape index (κ1) is 7.48. The Bertz CT molecular complexity index is 153. The van der Waals surface area contributed by atoms with Crippen LogP contribution >= 0.6 is 0 Å². The molecule has 2 fully saturated rings. The topological polar surface area (TPSA) is 71.1 Å². The van der Waals surface area contributed by atoms with Crippen LogP contribution in [0.4, 0.5) is 0 Å². The predicted molar refractivity (Wildman–Crippen MR) is 23.0 cm³/mol. The van der Waals surface area contributed by atoms with Gasteiger partial charge in [0.15, 0.2) is 0 Å². The van der Waals surface area contributed by atoms with Crippen molar-refractivity contribution in [1.29, 1.82) is 0 Å². The first-order chi connectivity index (χ1) is 4.20. The maximum absolute atomic E-state index is 10.3. The van der Waals surface area contributed by atoms with Gasteiger partial charge in [-0.3, -0.25) is 0 Å². The van der Waals surface area contributed by atoms with Crippen molar-refractivity contribution in [3.8, 4) is 0 Å². The van der Waals surface area contributed by atoms with Crippen LogP contribution in [0.25, 0.3) is 0 Å². The quantitative estimate of drug-likeness (QED) is 0.411. The van der Waals surface area contributed by atoms with Crippen LogP contribution in [0.5, 0.6) is 0 Å². The van der Waals surface area contributed by atoms with Gasteiger partial charge in [0.05, 0.1) is 0 Å². The fraction of sp³-hybridized carbons (Fsp3) is 0. The third-order valence-electron chi connectivity index (χ3n) is 0.833. The molecule has 0 aromatic heterocycles. The summed E-state index contributed by atoms with van der Waals surface area (Å²) in [5, 5.41) is 0. The Morgan fingerprint density at radius 3 is 1.44 bits per heavy atom. The van der Waals surface area contributed by atoms with Crippen molar-refractivity contribution >= 4 is 61.2 Å². The van der Waals surface area contributed by atoms with Crippen LogP contribution in [0.15, 0.2) is 0 Å². The molecule has 2 heterocycles. The standard InChI is InChI=1S/6O.3Sn. The molecule has 0 aliphatic carbocycles. The van der Waals surface area contributed by atoms with Crippen molar-refractivity contribution < 1.29 is 11.8 Å². The molecular weight excluding hydrogens is 452 g/mol. The summed E-state index contributed by atoms with van der Waals surface area (Å²) >= 11 is -9.69. The average molecular weight is 452 g/mol. The molecule has 0 radical (unpaired) electrons. The zero-order chi connectivity index (χ0) is 6.48. The van der Waals surface area contributed by atoms with Crippen LogP contribution in [-0.4, -0.2) is 61.2 Å². The van der Waals surface area contributed by atoms with Gasteiger partial charge in [-0.1, -0.05) is 0 Å². The van der Waals surface area contributed by atoms with Gasteiger partial charge < -0.3 is 0 Å². The molecule has 0 amide bonds. The van der Waals surface area contributed by atoms with E-state index >= 15 is 0 Å². The summed E-state index contributed by atoms with van der Waals surface area (Å²) < 4.78 is 39.2. The SMILES string of the molecule is [O]=[Sn]1[O][Sn]2([O]1)[O][Sn](=[O])[O]2. The summed E-state index contributed by atoms with van der Waals surface area (Å²) in [6.45, 7) is 0. The van der Waals surface area contributed by atoms with Gasteiger partial charge in [-0.15, -0.1) is 0 Å². The van der Waals surface area contributed by atoms with E-state index in [4.69, 9.17) is 0 Å². The van der Waals surface area contributed by atoms with Crippen molar-refractivity contribution in [2.75, 3.05) is 0 Å². The van der Waals surface area contributed by atoms with Crippen LogP contribution in [0, 0.1) is 0 Å². The second-order valence-corrected chi connectivity index (χ2v) is 25.1. The molecule has 9 heavy (non-hydrogen) atoms. The Balaban J connectivity index is 2.01. The minimum absolute atomic E-state index is 3.08. The van der Waals surface area contributed by atoms with Crippen molar-refractivity contribution in [3.63, 3.8) is 0 Å². The third kappa shape index (κ3) is 1.27. The van der Waals surface area contributed by atoms with Gasteiger partial charge in [-0.25, -0.2) is 0 Å². The second-order valence-electron chi connectivity index (χ2n) is 1.41. The molecule has 0 unspecified atom stereocenters. The Morgan fingerprint density at radius 2 is 1.22 bits per heavy atom. The van der Waals surface area contributed by atoms with E-state index in [1.54, 1.807) is 0 Å². The van der Waals surface area contributed by atoms with Crippen molar-refractivity contribution in [2.24, 2.45) is 0 Å². The molecule has 2 aliphatic heterocycles. The summed E-state index contributed by atoms with van der Waals surface area (Å²) in [4.78, 5) is 0. The van der Waals surface area contributed by atoms with Gasteiger partial charge in [0.25, 0.3) is 0 Å². The molecule has 0 aromatic carbocycles. The molecular formula is O6Sn3. The zero-order valence-corrected chi connectivity index (χ0v) is 12.5. The molecule has 2 saturated heterocycles. The second kappa shape index (κ2) is 2.41. The summed E-state index contributed by atoms with van der Waals surface area (Å²) in [5.41, 5.74) is 0. The Morgan fingerprint density at radius 1 is 0.889 bits per heavy atom. The first-order valence-corrected chi connectivity index (χ1v) is 13.7. The third-order valence-corrected chi connectivity index (χ3v) is 37.5. The van der Waals surface area contributed by atoms with E-state index in [0.29, 0.717) is 0 Å².